The van der Waals surface area contributed by atoms with Crippen molar-refractivity contribution in [2.75, 3.05) is 26.2 Å². The molecule has 0 saturated carbocycles. The predicted octanol–water partition coefficient (Wildman–Crippen LogP) is 2.76. The van der Waals surface area contributed by atoms with E-state index in [1.54, 1.807) is 23.0 Å². The molecule has 0 atom stereocenters. The van der Waals surface area contributed by atoms with Crippen molar-refractivity contribution in [1.82, 2.24) is 19.6 Å². The third-order valence-corrected chi connectivity index (χ3v) is 4.83. The molecule has 0 unspecified atom stereocenters. The fourth-order valence-corrected chi connectivity index (χ4v) is 3.43. The molecule has 24 heavy (non-hydrogen) atoms. The zero-order valence-corrected chi connectivity index (χ0v) is 15.2. The molecule has 1 aromatic heterocycles. The van der Waals surface area contributed by atoms with Gasteiger partial charge in [0.25, 0.3) is 5.91 Å². The minimum absolute atomic E-state index is 0.00614. The zero-order valence-electron chi connectivity index (χ0n) is 13.6. The van der Waals surface area contributed by atoms with Gasteiger partial charge in [0.1, 0.15) is 11.5 Å². The first kappa shape index (κ1) is 17.1. The Morgan fingerprint density at radius 3 is 2.71 bits per heavy atom. The van der Waals surface area contributed by atoms with E-state index in [2.05, 4.69) is 25.9 Å². The molecule has 0 radical (unpaired) electrons. The first-order valence-corrected chi connectivity index (χ1v) is 8.85. The lowest BCUT2D eigenvalue weighted by Crippen LogP contribution is -2.48. The highest BCUT2D eigenvalue weighted by Gasteiger charge is 2.26. The van der Waals surface area contributed by atoms with Gasteiger partial charge in [-0.1, -0.05) is 12.1 Å². The molecular formula is C17H20BrFN4O. The van der Waals surface area contributed by atoms with Crippen LogP contribution >= 0.6 is 15.9 Å². The van der Waals surface area contributed by atoms with E-state index in [0.717, 1.165) is 23.1 Å². The second kappa shape index (κ2) is 7.44. The fourth-order valence-electron chi connectivity index (χ4n) is 2.97. The lowest BCUT2D eigenvalue weighted by Gasteiger charge is -2.34. The van der Waals surface area contributed by atoms with Crippen LogP contribution in [0, 0.1) is 5.82 Å². The van der Waals surface area contributed by atoms with Crippen LogP contribution in [0.2, 0.25) is 0 Å². The van der Waals surface area contributed by atoms with Crippen molar-refractivity contribution >= 4 is 21.8 Å². The monoisotopic (exact) mass is 394 g/mol. The number of hydrogen-bond donors (Lipinski definition) is 0. The number of benzene rings is 1. The molecule has 0 spiro atoms. The minimum atomic E-state index is -0.209. The van der Waals surface area contributed by atoms with Crippen LogP contribution in [0.15, 0.2) is 34.9 Å². The van der Waals surface area contributed by atoms with Gasteiger partial charge in [0.15, 0.2) is 0 Å². The number of piperazine rings is 1. The molecular weight excluding hydrogens is 375 g/mol. The summed E-state index contributed by atoms with van der Waals surface area (Å²) in [5.41, 5.74) is 1.57. The summed E-state index contributed by atoms with van der Waals surface area (Å²) in [5, 5.41) is 4.21. The minimum Gasteiger partial charge on any atom is -0.335 e. The van der Waals surface area contributed by atoms with Gasteiger partial charge in [0.05, 0.1) is 10.7 Å². The van der Waals surface area contributed by atoms with Crippen molar-refractivity contribution in [2.45, 2.75) is 20.0 Å². The summed E-state index contributed by atoms with van der Waals surface area (Å²) < 4.78 is 15.7. The molecule has 1 fully saturated rings. The Kier molecular flexibility index (Phi) is 5.30. The maximum Gasteiger partial charge on any atom is 0.273 e. The van der Waals surface area contributed by atoms with Crippen LogP contribution in [0.5, 0.6) is 0 Å². The number of rotatable bonds is 4. The molecule has 5 nitrogen and oxygen atoms in total. The van der Waals surface area contributed by atoms with E-state index in [1.165, 1.54) is 6.07 Å². The topological polar surface area (TPSA) is 41.4 Å². The van der Waals surface area contributed by atoms with Crippen LogP contribution in [0.4, 0.5) is 4.39 Å². The Morgan fingerprint density at radius 1 is 1.29 bits per heavy atom. The molecule has 1 aromatic carbocycles. The molecule has 2 aromatic rings. The number of amides is 1. The summed E-state index contributed by atoms with van der Waals surface area (Å²) in [7, 11) is 0. The first-order valence-electron chi connectivity index (χ1n) is 8.06. The molecule has 128 valence electrons. The highest BCUT2D eigenvalue weighted by atomic mass is 79.9. The summed E-state index contributed by atoms with van der Waals surface area (Å²) in [6.07, 6.45) is 1.66. The van der Waals surface area contributed by atoms with Crippen molar-refractivity contribution in [3.63, 3.8) is 0 Å². The Bertz CT molecular complexity index is 725. The largest absolute Gasteiger partial charge is 0.335 e. The highest BCUT2D eigenvalue weighted by molar-refractivity contribution is 9.10. The number of aryl methyl sites for hydroxylation is 1. The van der Waals surface area contributed by atoms with Crippen molar-refractivity contribution in [2.24, 2.45) is 0 Å². The second-order valence-corrected chi connectivity index (χ2v) is 6.71. The van der Waals surface area contributed by atoms with E-state index in [-0.39, 0.29) is 11.7 Å². The first-order chi connectivity index (χ1) is 11.6. The summed E-state index contributed by atoms with van der Waals surface area (Å²) in [6, 6.07) is 6.68. The van der Waals surface area contributed by atoms with Gasteiger partial charge in [-0.3, -0.25) is 14.4 Å². The van der Waals surface area contributed by atoms with Gasteiger partial charge >= 0.3 is 0 Å². The van der Waals surface area contributed by atoms with Crippen molar-refractivity contribution in [3.8, 4) is 0 Å². The molecule has 1 aliphatic heterocycles. The van der Waals surface area contributed by atoms with Crippen molar-refractivity contribution in [3.05, 3.63) is 52.0 Å². The van der Waals surface area contributed by atoms with Crippen LogP contribution < -0.4 is 0 Å². The summed E-state index contributed by atoms with van der Waals surface area (Å²) in [4.78, 5) is 16.8. The Morgan fingerprint density at radius 2 is 2.04 bits per heavy atom. The molecule has 0 aliphatic carbocycles. The van der Waals surface area contributed by atoms with E-state index in [9.17, 15) is 9.18 Å². The summed E-state index contributed by atoms with van der Waals surface area (Å²) in [6.45, 7) is 6.21. The van der Waals surface area contributed by atoms with Crippen molar-refractivity contribution in [1.29, 1.82) is 0 Å². The molecule has 1 saturated heterocycles. The van der Waals surface area contributed by atoms with E-state index in [0.29, 0.717) is 31.9 Å². The molecule has 0 bridgehead atoms. The van der Waals surface area contributed by atoms with Crippen LogP contribution in [0.1, 0.15) is 23.0 Å². The molecule has 1 amide bonds. The molecule has 3 rings (SSSR count). The lowest BCUT2D eigenvalue weighted by atomic mass is 10.2. The van der Waals surface area contributed by atoms with Crippen molar-refractivity contribution < 1.29 is 9.18 Å². The maximum absolute atomic E-state index is 13.3. The summed E-state index contributed by atoms with van der Waals surface area (Å²) >= 11 is 3.41. The van der Waals surface area contributed by atoms with Gasteiger partial charge in [-0.25, -0.2) is 4.39 Å². The average Bonchev–Trinajstić information content (AvgIpc) is 2.96. The van der Waals surface area contributed by atoms with Gasteiger partial charge in [0, 0.05) is 39.3 Å². The predicted molar refractivity (Wildman–Crippen MR) is 93.2 cm³/mol. The van der Waals surface area contributed by atoms with E-state index in [1.807, 2.05) is 17.9 Å². The maximum atomic E-state index is 13.3. The normalized spacial score (nSPS) is 15.7. The SMILES string of the molecule is CCn1ncc(Br)c1C(=O)N1CCN(Cc2cccc(F)c2)CC1. The number of carbonyl (C=O) groups is 1. The van der Waals surface area contributed by atoms with Gasteiger partial charge < -0.3 is 4.90 Å². The number of carbonyl (C=O) groups excluding carboxylic acids is 1. The third kappa shape index (κ3) is 3.67. The zero-order chi connectivity index (χ0) is 17.1. The van der Waals surface area contributed by atoms with Crippen LogP contribution in [0.25, 0.3) is 0 Å². The third-order valence-electron chi connectivity index (χ3n) is 4.25. The highest BCUT2D eigenvalue weighted by Crippen LogP contribution is 2.19. The van der Waals surface area contributed by atoms with E-state index < -0.39 is 0 Å². The van der Waals surface area contributed by atoms with Gasteiger partial charge in [-0.2, -0.15) is 5.10 Å². The number of nitrogens with zero attached hydrogens (tertiary/aromatic N) is 4. The van der Waals surface area contributed by atoms with Crippen LogP contribution in [-0.4, -0.2) is 51.7 Å². The average molecular weight is 395 g/mol. The Hall–Kier alpha value is -1.73. The lowest BCUT2D eigenvalue weighted by molar-refractivity contribution is 0.0615. The van der Waals surface area contributed by atoms with Crippen LogP contribution in [0.3, 0.4) is 0 Å². The van der Waals surface area contributed by atoms with Gasteiger partial charge in [-0.15, -0.1) is 0 Å². The molecule has 1 aliphatic rings. The van der Waals surface area contributed by atoms with E-state index >= 15 is 0 Å². The van der Waals surface area contributed by atoms with Gasteiger partial charge in [0.2, 0.25) is 0 Å². The number of hydrogen-bond acceptors (Lipinski definition) is 3. The number of halogens is 2. The molecule has 7 heteroatoms. The number of aromatic nitrogens is 2. The molecule has 2 heterocycles. The van der Waals surface area contributed by atoms with Gasteiger partial charge in [-0.05, 0) is 40.5 Å². The fraction of sp³-hybridized carbons (Fsp3) is 0.412. The second-order valence-electron chi connectivity index (χ2n) is 5.86. The summed E-state index contributed by atoms with van der Waals surface area (Å²) in [5.74, 6) is -0.203. The Labute approximate surface area is 149 Å². The smallest absolute Gasteiger partial charge is 0.273 e. The molecule has 0 N–H and O–H groups in total. The Balaban J connectivity index is 1.60. The van der Waals surface area contributed by atoms with E-state index in [4.69, 9.17) is 0 Å². The standard InChI is InChI=1S/C17H20BrFN4O/c1-2-23-16(15(18)11-20-23)17(24)22-8-6-21(7-9-22)12-13-4-3-5-14(19)10-13/h3-5,10-11H,2,6-9,12H2,1H3. The quantitative estimate of drug-likeness (QED) is 0.800. The van der Waals surface area contributed by atoms with Crippen LogP contribution in [-0.2, 0) is 13.1 Å².